The van der Waals surface area contributed by atoms with E-state index in [2.05, 4.69) is 10.3 Å². The van der Waals surface area contributed by atoms with Crippen LogP contribution in [0.2, 0.25) is 0 Å². The summed E-state index contributed by atoms with van der Waals surface area (Å²) >= 11 is 0. The van der Waals surface area contributed by atoms with Gasteiger partial charge in [-0.2, -0.15) is 4.31 Å². The van der Waals surface area contributed by atoms with E-state index < -0.39 is 15.6 Å². The van der Waals surface area contributed by atoms with Crippen molar-refractivity contribution >= 4 is 15.7 Å². The number of aliphatic hydroxyl groups is 1. The Labute approximate surface area is 119 Å². The Morgan fingerprint density at radius 1 is 1.45 bits per heavy atom. The molecule has 6 nitrogen and oxygen atoms in total. The zero-order valence-electron chi connectivity index (χ0n) is 11.8. The molecule has 0 saturated carbocycles. The molecule has 20 heavy (non-hydrogen) atoms. The summed E-state index contributed by atoms with van der Waals surface area (Å²) in [6, 6.07) is 3.42. The summed E-state index contributed by atoms with van der Waals surface area (Å²) in [6.07, 6.45) is 2.36. The van der Waals surface area contributed by atoms with Gasteiger partial charge >= 0.3 is 0 Å². The maximum Gasteiger partial charge on any atom is 0.262 e. The van der Waals surface area contributed by atoms with Crippen LogP contribution in [0.1, 0.15) is 26.7 Å². The molecule has 0 radical (unpaired) electrons. The molecule has 2 heterocycles. The minimum absolute atomic E-state index is 0.0587. The molecular formula is C13H21N3O3S. The molecule has 7 heteroatoms. The van der Waals surface area contributed by atoms with Gasteiger partial charge in [0.1, 0.15) is 0 Å². The van der Waals surface area contributed by atoms with E-state index >= 15 is 0 Å². The van der Waals surface area contributed by atoms with Gasteiger partial charge in [0, 0.05) is 25.8 Å². The van der Waals surface area contributed by atoms with Crippen molar-refractivity contribution in [3.8, 4) is 0 Å². The zero-order chi connectivity index (χ0) is 14.8. The molecule has 0 amide bonds. The molecule has 1 aliphatic heterocycles. The molecule has 112 valence electrons. The molecule has 0 bridgehead atoms. The lowest BCUT2D eigenvalue weighted by molar-refractivity contribution is 0.0125. The van der Waals surface area contributed by atoms with Crippen molar-refractivity contribution in [3.63, 3.8) is 0 Å². The third-order valence-corrected chi connectivity index (χ3v) is 5.38. The van der Waals surface area contributed by atoms with Crippen LogP contribution in [0.4, 0.5) is 5.69 Å². The maximum absolute atomic E-state index is 12.6. The number of anilines is 1. The fourth-order valence-corrected chi connectivity index (χ4v) is 3.77. The lowest BCUT2D eigenvalue weighted by atomic mass is 9.95. The van der Waals surface area contributed by atoms with E-state index in [0.717, 1.165) is 0 Å². The largest absolute Gasteiger partial charge is 0.390 e. The molecule has 1 aliphatic rings. The van der Waals surface area contributed by atoms with Gasteiger partial charge in [0.15, 0.2) is 5.03 Å². The topological polar surface area (TPSA) is 82.5 Å². The Bertz CT molecular complexity index is 562. The van der Waals surface area contributed by atoms with Crippen LogP contribution in [0, 0.1) is 0 Å². The van der Waals surface area contributed by atoms with Crippen molar-refractivity contribution < 1.29 is 13.5 Å². The van der Waals surface area contributed by atoms with Gasteiger partial charge in [-0.25, -0.2) is 13.4 Å². The average molecular weight is 299 g/mol. The van der Waals surface area contributed by atoms with Gasteiger partial charge in [-0.3, -0.25) is 0 Å². The van der Waals surface area contributed by atoms with Crippen molar-refractivity contribution in [2.75, 3.05) is 25.0 Å². The van der Waals surface area contributed by atoms with Crippen LogP contribution in [-0.2, 0) is 10.0 Å². The number of hydrogen-bond acceptors (Lipinski definition) is 5. The van der Waals surface area contributed by atoms with Gasteiger partial charge in [0.05, 0.1) is 11.3 Å². The number of pyridine rings is 1. The quantitative estimate of drug-likeness (QED) is 0.868. The minimum Gasteiger partial charge on any atom is -0.390 e. The first-order valence-corrected chi connectivity index (χ1v) is 8.22. The van der Waals surface area contributed by atoms with Crippen molar-refractivity contribution in [1.82, 2.24) is 9.29 Å². The minimum atomic E-state index is -3.62. The van der Waals surface area contributed by atoms with E-state index in [-0.39, 0.29) is 5.03 Å². The molecule has 1 aromatic heterocycles. The van der Waals surface area contributed by atoms with E-state index in [4.69, 9.17) is 0 Å². The number of sulfonamides is 1. The SMILES string of the molecule is CCNc1cccnc1S(=O)(=O)N1CCC(C)(O)CC1. The van der Waals surface area contributed by atoms with Gasteiger partial charge in [-0.15, -0.1) is 0 Å². The van der Waals surface area contributed by atoms with Gasteiger partial charge in [-0.1, -0.05) is 0 Å². The maximum atomic E-state index is 12.6. The zero-order valence-corrected chi connectivity index (χ0v) is 12.7. The Hall–Kier alpha value is -1.18. The summed E-state index contributed by atoms with van der Waals surface area (Å²) in [5.41, 5.74) is -0.256. The monoisotopic (exact) mass is 299 g/mol. The Morgan fingerprint density at radius 3 is 2.70 bits per heavy atom. The van der Waals surface area contributed by atoms with Crippen LogP contribution >= 0.6 is 0 Å². The number of aromatic nitrogens is 1. The fourth-order valence-electron chi connectivity index (χ4n) is 2.25. The highest BCUT2D eigenvalue weighted by Crippen LogP contribution is 2.28. The fraction of sp³-hybridized carbons (Fsp3) is 0.615. The Balaban J connectivity index is 2.27. The smallest absolute Gasteiger partial charge is 0.262 e. The predicted octanol–water partition coefficient (Wildman–Crippen LogP) is 1.05. The first-order chi connectivity index (χ1) is 9.37. The van der Waals surface area contributed by atoms with E-state index in [1.54, 1.807) is 19.1 Å². The number of nitrogens with zero attached hydrogens (tertiary/aromatic N) is 2. The van der Waals surface area contributed by atoms with Crippen LogP contribution in [0.3, 0.4) is 0 Å². The second-order valence-electron chi connectivity index (χ2n) is 5.29. The molecule has 0 aliphatic carbocycles. The van der Waals surface area contributed by atoms with E-state index in [0.29, 0.717) is 38.2 Å². The molecule has 0 aromatic carbocycles. The second-order valence-corrected chi connectivity index (χ2v) is 7.14. The van der Waals surface area contributed by atoms with Crippen LogP contribution in [-0.4, -0.2) is 48.0 Å². The summed E-state index contributed by atoms with van der Waals surface area (Å²) in [5.74, 6) is 0. The highest BCUT2D eigenvalue weighted by molar-refractivity contribution is 7.89. The number of rotatable bonds is 4. The number of piperidine rings is 1. The summed E-state index contributed by atoms with van der Waals surface area (Å²) in [5, 5.41) is 13.0. The Kier molecular flexibility index (Phi) is 4.31. The van der Waals surface area contributed by atoms with Crippen molar-refractivity contribution in [2.24, 2.45) is 0 Å². The standard InChI is InChI=1S/C13H21N3O3S/c1-3-14-11-5-4-8-15-12(11)20(18,19)16-9-6-13(2,17)7-10-16/h4-5,8,14,17H,3,6-7,9-10H2,1-2H3. The predicted molar refractivity (Wildman–Crippen MR) is 77.0 cm³/mol. The third kappa shape index (κ3) is 3.11. The van der Waals surface area contributed by atoms with Crippen LogP contribution in [0.25, 0.3) is 0 Å². The van der Waals surface area contributed by atoms with Gasteiger partial charge < -0.3 is 10.4 Å². The number of nitrogens with one attached hydrogen (secondary N) is 1. The molecule has 0 spiro atoms. The molecule has 1 fully saturated rings. The lowest BCUT2D eigenvalue weighted by Crippen LogP contribution is -2.45. The first-order valence-electron chi connectivity index (χ1n) is 6.78. The van der Waals surface area contributed by atoms with Crippen LogP contribution in [0.5, 0.6) is 0 Å². The molecule has 1 aromatic rings. The summed E-state index contributed by atoms with van der Waals surface area (Å²) in [4.78, 5) is 4.03. The van der Waals surface area contributed by atoms with Crippen molar-refractivity contribution in [3.05, 3.63) is 18.3 Å². The normalized spacial score (nSPS) is 19.8. The van der Waals surface area contributed by atoms with Gasteiger partial charge in [0.2, 0.25) is 0 Å². The first kappa shape index (κ1) is 15.2. The molecule has 2 rings (SSSR count). The van der Waals surface area contributed by atoms with Crippen molar-refractivity contribution in [2.45, 2.75) is 37.3 Å². The van der Waals surface area contributed by atoms with E-state index in [1.165, 1.54) is 10.5 Å². The van der Waals surface area contributed by atoms with Gasteiger partial charge in [-0.05, 0) is 38.8 Å². The number of hydrogen-bond donors (Lipinski definition) is 2. The summed E-state index contributed by atoms with van der Waals surface area (Å²) in [6.45, 7) is 4.90. The summed E-state index contributed by atoms with van der Waals surface area (Å²) < 4.78 is 26.7. The Morgan fingerprint density at radius 2 is 2.10 bits per heavy atom. The average Bonchev–Trinajstić information content (AvgIpc) is 2.39. The summed E-state index contributed by atoms with van der Waals surface area (Å²) in [7, 11) is -3.62. The highest BCUT2D eigenvalue weighted by atomic mass is 32.2. The molecule has 2 N–H and O–H groups in total. The van der Waals surface area contributed by atoms with E-state index in [1.807, 2.05) is 6.92 Å². The molecule has 0 atom stereocenters. The van der Waals surface area contributed by atoms with E-state index in [9.17, 15) is 13.5 Å². The van der Waals surface area contributed by atoms with Crippen LogP contribution in [0.15, 0.2) is 23.4 Å². The molecule has 0 unspecified atom stereocenters. The molecule has 1 saturated heterocycles. The molecular weight excluding hydrogens is 278 g/mol. The van der Waals surface area contributed by atoms with Gasteiger partial charge in [0.25, 0.3) is 10.0 Å². The third-order valence-electron chi connectivity index (χ3n) is 3.52. The van der Waals surface area contributed by atoms with Crippen LogP contribution < -0.4 is 5.32 Å². The van der Waals surface area contributed by atoms with Crippen molar-refractivity contribution in [1.29, 1.82) is 0 Å². The highest BCUT2D eigenvalue weighted by Gasteiger charge is 2.35. The second kappa shape index (κ2) is 5.67. The lowest BCUT2D eigenvalue weighted by Gasteiger charge is -2.34.